The predicted octanol–water partition coefficient (Wildman–Crippen LogP) is 4.82. The van der Waals surface area contributed by atoms with Gasteiger partial charge in [-0.1, -0.05) is 37.4 Å². The van der Waals surface area contributed by atoms with Gasteiger partial charge in [0.05, 0.1) is 46.8 Å². The predicted molar refractivity (Wildman–Crippen MR) is 186 cm³/mol. The molecule has 1 aliphatic rings. The molecule has 20 heteroatoms. The summed E-state index contributed by atoms with van der Waals surface area (Å²) in [6.45, 7) is 6.59. The average molecular weight is 753 g/mol. The van der Waals surface area contributed by atoms with Crippen molar-refractivity contribution in [2.24, 2.45) is 31.3 Å². The molecule has 3 aromatic rings. The number of methoxy groups -OCH3 is 1. The third kappa shape index (κ3) is 8.27. The summed E-state index contributed by atoms with van der Waals surface area (Å²) in [6, 6.07) is 16.1. The summed E-state index contributed by atoms with van der Waals surface area (Å²) in [5, 5.41) is 30.8. The van der Waals surface area contributed by atoms with Gasteiger partial charge in [0.15, 0.2) is 19.7 Å². The van der Waals surface area contributed by atoms with Crippen LogP contribution in [0.4, 0.5) is 17.1 Å². The highest BCUT2D eigenvalue weighted by atomic mass is 32.2. The zero-order valence-electron chi connectivity index (χ0n) is 26.7. The third-order valence-electron chi connectivity index (χ3n) is 6.77. The lowest BCUT2D eigenvalue weighted by Crippen LogP contribution is -2.32. The van der Waals surface area contributed by atoms with Gasteiger partial charge in [-0.25, -0.2) is 21.6 Å². The monoisotopic (exact) mass is 752 g/mol. The van der Waals surface area contributed by atoms with Gasteiger partial charge in [-0.05, 0) is 48.5 Å². The summed E-state index contributed by atoms with van der Waals surface area (Å²) < 4.78 is 84.0. The molecule has 0 aromatic heterocycles. The Morgan fingerprint density at radius 1 is 0.784 bits per heavy atom. The first-order chi connectivity index (χ1) is 24.1. The fourth-order valence-corrected chi connectivity index (χ4v) is 6.48. The number of hydrogen-bond acceptors (Lipinski definition) is 17. The third-order valence-corrected chi connectivity index (χ3v) is 10.8. The van der Waals surface area contributed by atoms with Gasteiger partial charge in [-0.2, -0.15) is 23.7 Å². The minimum absolute atomic E-state index is 0.00169. The summed E-state index contributed by atoms with van der Waals surface area (Å²) in [6.07, 6.45) is 0. The SMILES string of the molecule is C=CS(=O)(=O)c1cccc(/N=N/C2=C(N)C(/N=N/c3cccc(S(=O)(=O)C=C)c3)=C(C(=O)OC)C(=N/Nc3ccccc3S(=O)(=O)OC)/C2=N)c1. The molecule has 1 aliphatic carbocycles. The van der Waals surface area contributed by atoms with Gasteiger partial charge in [0.1, 0.15) is 33.3 Å². The lowest BCUT2D eigenvalue weighted by atomic mass is 9.93. The van der Waals surface area contributed by atoms with E-state index in [1.807, 2.05) is 0 Å². The molecule has 0 atom stereocenters. The molecule has 0 radical (unpaired) electrons. The van der Waals surface area contributed by atoms with E-state index in [0.717, 1.165) is 25.0 Å². The van der Waals surface area contributed by atoms with Crippen molar-refractivity contribution in [1.82, 2.24) is 0 Å². The Morgan fingerprint density at radius 2 is 1.31 bits per heavy atom. The number of ether oxygens (including phenoxy) is 1. The zero-order chi connectivity index (χ0) is 37.6. The quantitative estimate of drug-likeness (QED) is 0.0700. The summed E-state index contributed by atoms with van der Waals surface area (Å²) >= 11 is 0. The molecule has 0 unspecified atom stereocenters. The number of esters is 1. The molecule has 264 valence electrons. The first-order valence-corrected chi connectivity index (χ1v) is 18.5. The Hall–Kier alpha value is -5.96. The molecule has 0 amide bonds. The van der Waals surface area contributed by atoms with Crippen molar-refractivity contribution in [1.29, 1.82) is 5.41 Å². The van der Waals surface area contributed by atoms with Crippen LogP contribution in [0.25, 0.3) is 0 Å². The Balaban J connectivity index is 1.96. The van der Waals surface area contributed by atoms with Crippen molar-refractivity contribution >= 4 is 64.2 Å². The molecule has 0 saturated heterocycles. The zero-order valence-corrected chi connectivity index (χ0v) is 29.2. The Labute approximate surface area is 292 Å². The maximum absolute atomic E-state index is 13.3. The van der Waals surface area contributed by atoms with E-state index in [1.54, 1.807) is 0 Å². The van der Waals surface area contributed by atoms with E-state index in [-0.39, 0.29) is 31.7 Å². The highest BCUT2D eigenvalue weighted by molar-refractivity contribution is 7.94. The van der Waals surface area contributed by atoms with Crippen molar-refractivity contribution in [2.75, 3.05) is 19.6 Å². The number of rotatable bonds is 13. The molecule has 0 saturated carbocycles. The number of sulfone groups is 2. The van der Waals surface area contributed by atoms with E-state index < -0.39 is 69.8 Å². The van der Waals surface area contributed by atoms with Crippen molar-refractivity contribution in [2.45, 2.75) is 14.7 Å². The molecule has 51 heavy (non-hydrogen) atoms. The highest BCUT2D eigenvalue weighted by Gasteiger charge is 2.36. The number of azo groups is 2. The fraction of sp³-hybridized carbons (Fsp3) is 0.0645. The van der Waals surface area contributed by atoms with Gasteiger partial charge in [0.25, 0.3) is 10.1 Å². The largest absolute Gasteiger partial charge is 0.465 e. The van der Waals surface area contributed by atoms with Crippen molar-refractivity contribution in [3.63, 3.8) is 0 Å². The van der Waals surface area contributed by atoms with E-state index in [2.05, 4.69) is 48.3 Å². The Kier molecular flexibility index (Phi) is 11.3. The molecule has 0 aliphatic heterocycles. The van der Waals surface area contributed by atoms with Gasteiger partial charge in [-0.15, -0.1) is 10.2 Å². The van der Waals surface area contributed by atoms with Crippen LogP contribution >= 0.6 is 0 Å². The van der Waals surface area contributed by atoms with Crippen molar-refractivity contribution in [3.8, 4) is 0 Å². The first kappa shape index (κ1) is 37.9. The van der Waals surface area contributed by atoms with E-state index in [0.29, 0.717) is 0 Å². The molecule has 3 aromatic carbocycles. The number of nitrogens with zero attached hydrogens (tertiary/aromatic N) is 5. The molecule has 4 rings (SSSR count). The minimum atomic E-state index is -4.25. The average Bonchev–Trinajstić information content (AvgIpc) is 3.13. The Morgan fingerprint density at radius 3 is 1.82 bits per heavy atom. The molecule has 4 N–H and O–H groups in total. The van der Waals surface area contributed by atoms with Crippen LogP contribution in [0.2, 0.25) is 0 Å². The van der Waals surface area contributed by atoms with Crippen LogP contribution < -0.4 is 11.2 Å². The van der Waals surface area contributed by atoms with Gasteiger partial charge in [-0.3, -0.25) is 15.0 Å². The topological polar surface area (TPSA) is 262 Å². The number of anilines is 1. The molecule has 17 nitrogen and oxygen atoms in total. The van der Waals surface area contributed by atoms with Crippen molar-refractivity contribution in [3.05, 3.63) is 119 Å². The summed E-state index contributed by atoms with van der Waals surface area (Å²) in [4.78, 5) is 12.6. The number of carbonyl (C=O) groups excluding carboxylic acids is 1. The lowest BCUT2D eigenvalue weighted by Gasteiger charge is -2.20. The molecule has 0 spiro atoms. The van der Waals surface area contributed by atoms with Crippen molar-refractivity contribution < 1.29 is 39.0 Å². The van der Waals surface area contributed by atoms with Crippen LogP contribution in [-0.4, -0.2) is 56.9 Å². The number of hydrazone groups is 1. The number of allylic oxidation sites excluding steroid dienone is 1. The van der Waals surface area contributed by atoms with E-state index in [9.17, 15) is 30.0 Å². The first-order valence-electron chi connectivity index (χ1n) is 14.0. The van der Waals surface area contributed by atoms with Crippen LogP contribution in [0.3, 0.4) is 0 Å². The molecular formula is C31H28N8O9S3. The smallest absolute Gasteiger partial charge is 0.342 e. The Bertz CT molecular complexity index is 2450. The van der Waals surface area contributed by atoms with Crippen LogP contribution in [0, 0.1) is 5.41 Å². The van der Waals surface area contributed by atoms with Gasteiger partial charge < -0.3 is 10.5 Å². The van der Waals surface area contributed by atoms with Crippen LogP contribution in [0.1, 0.15) is 0 Å². The number of benzene rings is 3. The maximum Gasteiger partial charge on any atom is 0.342 e. The molecular weight excluding hydrogens is 725 g/mol. The molecule has 0 bridgehead atoms. The summed E-state index contributed by atoms with van der Waals surface area (Å²) in [5.41, 5.74) is 5.90. The fourth-order valence-electron chi connectivity index (χ4n) is 4.18. The van der Waals surface area contributed by atoms with Crippen LogP contribution in [0.15, 0.2) is 160 Å². The van der Waals surface area contributed by atoms with E-state index in [1.165, 1.54) is 72.8 Å². The number of carbonyl (C=O) groups is 1. The lowest BCUT2D eigenvalue weighted by molar-refractivity contribution is -0.135. The maximum atomic E-state index is 13.3. The normalized spacial score (nSPS) is 15.1. The number of para-hydroxylation sites is 1. The second-order valence-electron chi connectivity index (χ2n) is 9.86. The van der Waals surface area contributed by atoms with Crippen LogP contribution in [0.5, 0.6) is 0 Å². The summed E-state index contributed by atoms with van der Waals surface area (Å²) in [5.74, 6) is -1.10. The van der Waals surface area contributed by atoms with E-state index >= 15 is 0 Å². The number of nitrogens with one attached hydrogen (secondary N) is 2. The van der Waals surface area contributed by atoms with E-state index in [4.69, 9.17) is 15.9 Å². The second-order valence-corrected chi connectivity index (χ2v) is 15.3. The molecule has 0 heterocycles. The minimum Gasteiger partial charge on any atom is -0.465 e. The number of hydrogen-bond donors (Lipinski definition) is 3. The van der Waals surface area contributed by atoms with Gasteiger partial charge in [0.2, 0.25) is 0 Å². The molecule has 0 fully saturated rings. The highest BCUT2D eigenvalue weighted by Crippen LogP contribution is 2.31. The summed E-state index contributed by atoms with van der Waals surface area (Å²) in [7, 11) is -9.97. The second kappa shape index (κ2) is 15.3. The van der Waals surface area contributed by atoms with Crippen LogP contribution in [-0.2, 0) is 43.5 Å². The van der Waals surface area contributed by atoms with Gasteiger partial charge >= 0.3 is 5.97 Å². The van der Waals surface area contributed by atoms with Gasteiger partial charge in [0, 0.05) is 10.8 Å². The standard InChI is InChI=1S/C31H28N8O9S3/c1-5-49(41,42)21-13-9-11-19(17-21)34-37-28-25(31(40)47-3)29(38-36-23-15-7-8-16-24(23)51(45,46)48-4)27(33)30(26(28)32)39-35-20-12-10-14-22(18-20)50(43,44)6-2/h5-18,33,36H,1-2,32H2,3-4H3/b33-27?,37-34+,38-29-,39-35+. The number of nitrogens with two attached hydrogens (primary N) is 1.